The van der Waals surface area contributed by atoms with E-state index < -0.39 is 0 Å². The molecule has 36 heavy (non-hydrogen) atoms. The number of allylic oxidation sites excluding steroid dienone is 2. The maximum absolute atomic E-state index is 11.7. The third-order valence-electron chi connectivity index (χ3n) is 6.62. The lowest BCUT2D eigenvalue weighted by Gasteiger charge is -2.37. The fourth-order valence-corrected chi connectivity index (χ4v) is 6.10. The van der Waals surface area contributed by atoms with Crippen molar-refractivity contribution in [3.8, 4) is 11.5 Å². The summed E-state index contributed by atoms with van der Waals surface area (Å²) in [6.45, 7) is 0.272. The van der Waals surface area contributed by atoms with Crippen LogP contribution in [0.25, 0.3) is 0 Å². The van der Waals surface area contributed by atoms with Crippen LogP contribution in [-0.2, 0) is 6.61 Å². The van der Waals surface area contributed by atoms with Crippen molar-refractivity contribution in [3.05, 3.63) is 101 Å². The van der Waals surface area contributed by atoms with Crippen LogP contribution in [-0.4, -0.2) is 12.0 Å². The molecule has 3 atom stereocenters. The van der Waals surface area contributed by atoms with Crippen molar-refractivity contribution in [1.82, 2.24) is 0 Å². The third-order valence-corrected chi connectivity index (χ3v) is 8.26. The number of hydrogen-bond acceptors (Lipinski definition) is 5. The quantitative estimate of drug-likeness (QED) is 0.172. The molecule has 0 radical (unpaired) electrons. The number of fused-ring (bicyclic) bond motifs is 3. The number of hydrogen-bond donors (Lipinski definition) is 1. The highest BCUT2D eigenvalue weighted by atomic mass is 79.9. The molecular formula is C26H20BrCl3N2O4. The average Bonchev–Trinajstić information content (AvgIpc) is 3.34. The van der Waals surface area contributed by atoms with Gasteiger partial charge in [-0.15, -0.1) is 0 Å². The van der Waals surface area contributed by atoms with E-state index in [0.29, 0.717) is 37.8 Å². The van der Waals surface area contributed by atoms with Gasteiger partial charge in [-0.25, -0.2) is 0 Å². The highest BCUT2D eigenvalue weighted by molar-refractivity contribution is 9.10. The molecule has 1 N–H and O–H groups in total. The van der Waals surface area contributed by atoms with Crippen molar-refractivity contribution in [2.45, 2.75) is 25.0 Å². The van der Waals surface area contributed by atoms with Crippen LogP contribution in [0.3, 0.4) is 0 Å². The van der Waals surface area contributed by atoms with Crippen LogP contribution < -0.4 is 14.8 Å². The molecule has 0 spiro atoms. The van der Waals surface area contributed by atoms with Gasteiger partial charge in [0.15, 0.2) is 11.5 Å². The zero-order valence-corrected chi connectivity index (χ0v) is 22.8. The molecule has 6 nitrogen and oxygen atoms in total. The SMILES string of the molecule is COc1cc([C@@H]2Nc3c(Cl)ccc([N+](=O)[O-])c3[C@@H]3C=CC[C@H]32)cc(Br)c1OCc1ccc(Cl)c(Cl)c1. The Morgan fingerprint density at radius 1 is 1.11 bits per heavy atom. The van der Waals surface area contributed by atoms with Crippen LogP contribution in [0.5, 0.6) is 11.5 Å². The summed E-state index contributed by atoms with van der Waals surface area (Å²) in [7, 11) is 1.58. The van der Waals surface area contributed by atoms with E-state index in [4.69, 9.17) is 44.3 Å². The first-order valence-electron chi connectivity index (χ1n) is 11.1. The van der Waals surface area contributed by atoms with Crippen molar-refractivity contribution >= 4 is 62.1 Å². The molecule has 0 bridgehead atoms. The number of rotatable bonds is 6. The van der Waals surface area contributed by atoms with Gasteiger partial charge in [0, 0.05) is 12.0 Å². The van der Waals surface area contributed by atoms with E-state index in [2.05, 4.69) is 27.3 Å². The van der Waals surface area contributed by atoms with Gasteiger partial charge in [-0.05, 0) is 69.7 Å². The Hall–Kier alpha value is -2.45. The van der Waals surface area contributed by atoms with E-state index in [9.17, 15) is 10.1 Å². The third kappa shape index (κ3) is 4.54. The highest BCUT2D eigenvalue weighted by Crippen LogP contribution is 2.55. The molecule has 3 aromatic rings. The Kier molecular flexibility index (Phi) is 7.10. The van der Waals surface area contributed by atoms with Gasteiger partial charge >= 0.3 is 0 Å². The van der Waals surface area contributed by atoms with Crippen LogP contribution in [0.15, 0.2) is 59.1 Å². The van der Waals surface area contributed by atoms with E-state index in [0.717, 1.165) is 22.0 Å². The van der Waals surface area contributed by atoms with Gasteiger partial charge in [0.05, 0.1) is 48.9 Å². The number of ether oxygens (including phenoxy) is 2. The fourth-order valence-electron chi connectivity index (χ4n) is 4.99. The van der Waals surface area contributed by atoms with Gasteiger partial charge in [-0.2, -0.15) is 0 Å². The first kappa shape index (κ1) is 25.2. The predicted octanol–water partition coefficient (Wildman–Crippen LogP) is 8.73. The number of benzene rings is 3. The molecule has 1 aliphatic heterocycles. The molecule has 2 aliphatic rings. The van der Waals surface area contributed by atoms with E-state index >= 15 is 0 Å². The van der Waals surface area contributed by atoms with Crippen LogP contribution in [0.1, 0.15) is 35.1 Å². The smallest absolute Gasteiger partial charge is 0.275 e. The van der Waals surface area contributed by atoms with E-state index in [-0.39, 0.29) is 35.1 Å². The largest absolute Gasteiger partial charge is 0.493 e. The molecule has 0 saturated heterocycles. The molecule has 0 fully saturated rings. The predicted molar refractivity (Wildman–Crippen MR) is 146 cm³/mol. The first-order valence-corrected chi connectivity index (χ1v) is 13.0. The lowest BCUT2D eigenvalue weighted by atomic mass is 9.76. The minimum Gasteiger partial charge on any atom is -0.493 e. The minimum atomic E-state index is -0.347. The van der Waals surface area contributed by atoms with Crippen molar-refractivity contribution in [2.24, 2.45) is 5.92 Å². The summed E-state index contributed by atoms with van der Waals surface area (Å²) in [5.74, 6) is 1.06. The second-order valence-corrected chi connectivity index (χ2v) is 10.7. The summed E-state index contributed by atoms with van der Waals surface area (Å²) in [4.78, 5) is 11.4. The number of nitro groups is 1. The minimum absolute atomic E-state index is 0.0757. The maximum Gasteiger partial charge on any atom is 0.275 e. The summed E-state index contributed by atoms with van der Waals surface area (Å²) >= 11 is 22.3. The first-order chi connectivity index (χ1) is 17.3. The summed E-state index contributed by atoms with van der Waals surface area (Å²) in [6.07, 6.45) is 4.90. The van der Waals surface area contributed by atoms with Gasteiger partial charge < -0.3 is 14.8 Å². The van der Waals surface area contributed by atoms with Crippen molar-refractivity contribution < 1.29 is 14.4 Å². The second kappa shape index (κ2) is 10.1. The summed E-state index contributed by atoms with van der Waals surface area (Å²) in [5, 5.41) is 16.6. The van der Waals surface area contributed by atoms with Crippen molar-refractivity contribution in [2.75, 3.05) is 12.4 Å². The molecule has 0 saturated carbocycles. The van der Waals surface area contributed by atoms with E-state index in [1.54, 1.807) is 25.3 Å². The van der Waals surface area contributed by atoms with Gasteiger partial charge in [-0.1, -0.05) is 53.0 Å². The standard InChI is InChI=1S/C26H20BrCl3N2O4/c1-35-22-11-14(10-17(27)26(22)36-12-13-5-6-18(28)20(30)9-13)24-16-4-2-3-15(16)23-21(32(33)34)8-7-19(29)25(23)31-24/h2-3,5-11,15-16,24,31H,4,12H2,1H3/t15-,16-,24+/m1/s1. The maximum atomic E-state index is 11.7. The van der Waals surface area contributed by atoms with Gasteiger partial charge in [0.2, 0.25) is 0 Å². The molecule has 1 aliphatic carbocycles. The Morgan fingerprint density at radius 2 is 1.89 bits per heavy atom. The summed E-state index contributed by atoms with van der Waals surface area (Å²) in [6, 6.07) is 12.1. The number of anilines is 1. The topological polar surface area (TPSA) is 73.6 Å². The number of nitro benzene ring substituents is 1. The molecule has 0 amide bonds. The fraction of sp³-hybridized carbons (Fsp3) is 0.231. The summed E-state index contributed by atoms with van der Waals surface area (Å²) in [5.41, 5.74) is 3.12. The number of nitrogens with one attached hydrogen (secondary N) is 1. The molecule has 5 rings (SSSR count). The molecule has 10 heteroatoms. The Balaban J connectivity index is 1.49. The lowest BCUT2D eigenvalue weighted by Crippen LogP contribution is -2.30. The Labute approximate surface area is 231 Å². The van der Waals surface area contributed by atoms with E-state index in [1.807, 2.05) is 24.3 Å². The molecular weight excluding hydrogens is 591 g/mol. The van der Waals surface area contributed by atoms with Gasteiger partial charge in [-0.3, -0.25) is 10.1 Å². The van der Waals surface area contributed by atoms with Crippen LogP contribution in [0.2, 0.25) is 15.1 Å². The van der Waals surface area contributed by atoms with Crippen molar-refractivity contribution in [3.63, 3.8) is 0 Å². The van der Waals surface area contributed by atoms with E-state index in [1.165, 1.54) is 6.07 Å². The van der Waals surface area contributed by atoms with Gasteiger partial charge in [0.1, 0.15) is 6.61 Å². The zero-order chi connectivity index (χ0) is 25.6. The normalized spacial score (nSPS) is 19.9. The van der Waals surface area contributed by atoms with Crippen LogP contribution in [0.4, 0.5) is 11.4 Å². The highest BCUT2D eigenvalue weighted by Gasteiger charge is 2.42. The zero-order valence-electron chi connectivity index (χ0n) is 18.9. The second-order valence-electron chi connectivity index (χ2n) is 8.66. The van der Waals surface area contributed by atoms with Crippen molar-refractivity contribution in [1.29, 1.82) is 0 Å². The average molecular weight is 611 g/mol. The number of halogens is 4. The molecule has 0 aromatic heterocycles. The molecule has 1 heterocycles. The monoisotopic (exact) mass is 608 g/mol. The molecule has 186 valence electrons. The number of methoxy groups -OCH3 is 1. The molecule has 3 aromatic carbocycles. The Bertz CT molecular complexity index is 1400. The van der Waals surface area contributed by atoms with Crippen LogP contribution in [0, 0.1) is 16.0 Å². The van der Waals surface area contributed by atoms with Gasteiger partial charge in [0.25, 0.3) is 5.69 Å². The van der Waals surface area contributed by atoms with Crippen LogP contribution >= 0.6 is 50.7 Å². The number of nitrogens with zero attached hydrogens (tertiary/aromatic N) is 1. The summed E-state index contributed by atoms with van der Waals surface area (Å²) < 4.78 is 12.5. The lowest BCUT2D eigenvalue weighted by molar-refractivity contribution is -0.385. The molecule has 0 unspecified atom stereocenters. The Morgan fingerprint density at radius 3 is 2.61 bits per heavy atom.